The van der Waals surface area contributed by atoms with E-state index in [4.69, 9.17) is 17.3 Å². The van der Waals surface area contributed by atoms with E-state index in [1.807, 2.05) is 7.05 Å². The molecule has 2 heterocycles. The van der Waals surface area contributed by atoms with Gasteiger partial charge in [-0.2, -0.15) is 0 Å². The van der Waals surface area contributed by atoms with Crippen molar-refractivity contribution in [1.29, 1.82) is 0 Å². The maximum Gasteiger partial charge on any atom is 0.277 e. The summed E-state index contributed by atoms with van der Waals surface area (Å²) in [6.07, 6.45) is 1.31. The molecule has 1 amide bonds. The Morgan fingerprint density at radius 2 is 2.06 bits per heavy atom. The molecule has 0 aliphatic carbocycles. The lowest BCUT2D eigenvalue weighted by molar-refractivity contribution is -0.676. The van der Waals surface area contributed by atoms with Crippen LogP contribution in [0.2, 0.25) is 5.15 Å². The summed E-state index contributed by atoms with van der Waals surface area (Å²) in [6.45, 7) is 11.8. The van der Waals surface area contributed by atoms with Crippen LogP contribution in [0, 0.1) is 0 Å². The Hall–Kier alpha value is -3.17. The van der Waals surface area contributed by atoms with Crippen molar-refractivity contribution in [3.8, 4) is 0 Å². The van der Waals surface area contributed by atoms with Gasteiger partial charge in [0, 0.05) is 24.4 Å². The van der Waals surface area contributed by atoms with Gasteiger partial charge in [-0.3, -0.25) is 4.79 Å². The highest BCUT2D eigenvalue weighted by atomic mass is 35.5. The topological polar surface area (TPSA) is 114 Å². The SMILES string of the molecule is C=C(NCCNC)c1ccc2c(c1)n(CC)c(CNC(=O)c1nc(Cl)cnc1N)[n+]2CC. The number of anilines is 1. The summed E-state index contributed by atoms with van der Waals surface area (Å²) in [7, 11) is 1.92. The zero-order valence-corrected chi connectivity index (χ0v) is 19.5. The van der Waals surface area contributed by atoms with Gasteiger partial charge >= 0.3 is 0 Å². The van der Waals surface area contributed by atoms with Crippen LogP contribution >= 0.6 is 11.6 Å². The maximum atomic E-state index is 12.7. The van der Waals surface area contributed by atoms with E-state index in [0.29, 0.717) is 6.54 Å². The van der Waals surface area contributed by atoms with E-state index >= 15 is 0 Å². The number of likely N-dealkylation sites (N-methyl/N-ethyl adjacent to an activating group) is 1. The molecule has 0 aliphatic rings. The van der Waals surface area contributed by atoms with Crippen LogP contribution in [-0.4, -0.2) is 40.6 Å². The predicted molar refractivity (Wildman–Crippen MR) is 127 cm³/mol. The van der Waals surface area contributed by atoms with Crippen molar-refractivity contribution in [3.05, 3.63) is 53.2 Å². The summed E-state index contributed by atoms with van der Waals surface area (Å²) in [5.74, 6) is 0.592. The molecule has 0 radical (unpaired) electrons. The van der Waals surface area contributed by atoms with Crippen LogP contribution in [0.25, 0.3) is 16.7 Å². The number of carbonyl (C=O) groups is 1. The lowest BCUT2D eigenvalue weighted by Crippen LogP contribution is -2.40. The fourth-order valence-electron chi connectivity index (χ4n) is 3.70. The van der Waals surface area contributed by atoms with Crippen LogP contribution in [0.15, 0.2) is 31.0 Å². The number of fused-ring (bicyclic) bond motifs is 1. The normalized spacial score (nSPS) is 11.0. The molecule has 0 atom stereocenters. The van der Waals surface area contributed by atoms with Gasteiger partial charge in [0.2, 0.25) is 0 Å². The molecule has 5 N–H and O–H groups in total. The first-order chi connectivity index (χ1) is 15.4. The second-order valence-corrected chi connectivity index (χ2v) is 7.61. The monoisotopic (exact) mass is 457 g/mol. The molecule has 10 heteroatoms. The van der Waals surface area contributed by atoms with Gasteiger partial charge in [0.15, 0.2) is 22.5 Å². The fraction of sp³-hybridized carbons (Fsp3) is 0.364. The first-order valence-electron chi connectivity index (χ1n) is 10.6. The molecule has 0 saturated carbocycles. The minimum atomic E-state index is -0.420. The predicted octanol–water partition coefficient (Wildman–Crippen LogP) is 1.70. The molecule has 3 rings (SSSR count). The summed E-state index contributed by atoms with van der Waals surface area (Å²) in [4.78, 5) is 20.6. The van der Waals surface area contributed by atoms with E-state index in [-0.39, 0.29) is 16.7 Å². The summed E-state index contributed by atoms with van der Waals surface area (Å²) < 4.78 is 4.38. The zero-order chi connectivity index (χ0) is 23.3. The number of aromatic nitrogens is 4. The number of hydrogen-bond acceptors (Lipinski definition) is 6. The average molecular weight is 458 g/mol. The minimum Gasteiger partial charge on any atom is -0.384 e. The van der Waals surface area contributed by atoms with Crippen LogP contribution < -0.4 is 26.3 Å². The molecule has 0 aliphatic heterocycles. The van der Waals surface area contributed by atoms with Gasteiger partial charge in [0.1, 0.15) is 11.7 Å². The summed E-state index contributed by atoms with van der Waals surface area (Å²) in [5, 5.41) is 9.48. The van der Waals surface area contributed by atoms with Gasteiger partial charge in [-0.15, -0.1) is 0 Å². The highest BCUT2D eigenvalue weighted by Gasteiger charge is 2.25. The molecule has 1 aromatic carbocycles. The molecule has 9 nitrogen and oxygen atoms in total. The smallest absolute Gasteiger partial charge is 0.277 e. The number of carbonyl (C=O) groups excluding carboxylic acids is 1. The first-order valence-corrected chi connectivity index (χ1v) is 11.0. The van der Waals surface area contributed by atoms with Crippen LogP contribution in [-0.2, 0) is 19.6 Å². The number of aryl methyl sites for hydroxylation is 2. The third kappa shape index (κ3) is 4.84. The quantitative estimate of drug-likeness (QED) is 0.272. The lowest BCUT2D eigenvalue weighted by Gasteiger charge is -2.09. The van der Waals surface area contributed by atoms with Gasteiger partial charge in [0.05, 0.1) is 19.3 Å². The highest BCUT2D eigenvalue weighted by molar-refractivity contribution is 6.29. The van der Waals surface area contributed by atoms with Crippen molar-refractivity contribution in [3.63, 3.8) is 0 Å². The summed E-state index contributed by atoms with van der Waals surface area (Å²) >= 11 is 5.87. The highest BCUT2D eigenvalue weighted by Crippen LogP contribution is 2.20. The van der Waals surface area contributed by atoms with Crippen molar-refractivity contribution in [2.24, 2.45) is 0 Å². The Kier molecular flexibility index (Phi) is 7.66. The second-order valence-electron chi connectivity index (χ2n) is 7.23. The van der Waals surface area contributed by atoms with E-state index in [9.17, 15) is 4.79 Å². The van der Waals surface area contributed by atoms with Crippen LogP contribution in [0.4, 0.5) is 5.82 Å². The Morgan fingerprint density at radius 3 is 2.75 bits per heavy atom. The molecule has 170 valence electrons. The molecule has 3 aromatic rings. The molecule has 0 bridgehead atoms. The zero-order valence-electron chi connectivity index (χ0n) is 18.7. The van der Waals surface area contributed by atoms with Gasteiger partial charge in [-0.25, -0.2) is 19.1 Å². The van der Waals surface area contributed by atoms with E-state index in [0.717, 1.165) is 54.3 Å². The fourth-order valence-corrected chi connectivity index (χ4v) is 3.84. The van der Waals surface area contributed by atoms with Gasteiger partial charge in [-0.05, 0) is 39.1 Å². The number of hydrogen-bond donors (Lipinski definition) is 4. The molecular formula is C22H30ClN8O+. The van der Waals surface area contributed by atoms with E-state index < -0.39 is 5.91 Å². The Morgan fingerprint density at radius 1 is 1.28 bits per heavy atom. The Balaban J connectivity index is 1.91. The first kappa shape index (κ1) is 23.5. The number of imidazole rings is 1. The van der Waals surface area contributed by atoms with E-state index in [1.165, 1.54) is 6.20 Å². The van der Waals surface area contributed by atoms with Gasteiger partial charge in [-0.1, -0.05) is 18.2 Å². The average Bonchev–Trinajstić information content (AvgIpc) is 3.10. The third-order valence-electron chi connectivity index (χ3n) is 5.27. The lowest BCUT2D eigenvalue weighted by atomic mass is 10.1. The van der Waals surface area contributed by atoms with Crippen LogP contribution in [0.5, 0.6) is 0 Å². The number of nitrogens with one attached hydrogen (secondary N) is 3. The molecular weight excluding hydrogens is 428 g/mol. The molecule has 0 fully saturated rings. The van der Waals surface area contributed by atoms with Crippen molar-refractivity contribution >= 4 is 40.1 Å². The van der Waals surface area contributed by atoms with Gasteiger partial charge < -0.3 is 21.7 Å². The summed E-state index contributed by atoms with van der Waals surface area (Å²) in [5.41, 5.74) is 9.89. The molecule has 0 spiro atoms. The van der Waals surface area contributed by atoms with Crippen molar-refractivity contribution in [2.45, 2.75) is 33.5 Å². The minimum absolute atomic E-state index is 0.0194. The maximum absolute atomic E-state index is 12.7. The molecule has 0 unspecified atom stereocenters. The largest absolute Gasteiger partial charge is 0.384 e. The number of nitrogens with zero attached hydrogens (tertiary/aromatic N) is 4. The molecule has 0 saturated heterocycles. The summed E-state index contributed by atoms with van der Waals surface area (Å²) in [6, 6.07) is 6.29. The van der Waals surface area contributed by atoms with Crippen LogP contribution in [0.3, 0.4) is 0 Å². The van der Waals surface area contributed by atoms with Crippen molar-refractivity contribution < 1.29 is 9.36 Å². The number of amides is 1. The number of rotatable bonds is 10. The second kappa shape index (κ2) is 10.4. The third-order valence-corrected chi connectivity index (χ3v) is 5.45. The number of halogens is 1. The van der Waals surface area contributed by atoms with Crippen LogP contribution in [0.1, 0.15) is 35.7 Å². The van der Waals surface area contributed by atoms with E-state index in [2.05, 4.69) is 73.7 Å². The van der Waals surface area contributed by atoms with E-state index in [1.54, 1.807) is 0 Å². The standard InChI is InChI=1S/C22H29ClN8O/c1-5-30-16-8-7-15(14(3)26-10-9-25-4)11-17(16)31(6-2)19(30)13-28-22(32)20-21(24)27-12-18(23)29-20/h7-8,11-12,25-26H,3,5-6,9-10,13H2,1-2,4H3,(H2-,24,27,28,32)/p+1. The van der Waals surface area contributed by atoms with Gasteiger partial charge in [0.25, 0.3) is 11.7 Å². The Bertz CT molecular complexity index is 1140. The van der Waals surface area contributed by atoms with Crippen molar-refractivity contribution in [2.75, 3.05) is 25.9 Å². The number of nitrogen functional groups attached to an aromatic ring is 1. The Labute approximate surface area is 192 Å². The molecule has 2 aromatic heterocycles. The number of benzene rings is 1. The van der Waals surface area contributed by atoms with Crippen molar-refractivity contribution in [1.82, 2.24) is 30.5 Å². The molecule has 32 heavy (non-hydrogen) atoms. The number of nitrogens with two attached hydrogens (primary N) is 1.